The number of furan rings is 1. The van der Waals surface area contributed by atoms with Crippen LogP contribution in [0.5, 0.6) is 0 Å². The van der Waals surface area contributed by atoms with E-state index in [1.54, 1.807) is 28.8 Å². The number of aliphatic hydroxyl groups excluding tert-OH is 1. The van der Waals surface area contributed by atoms with Crippen molar-refractivity contribution in [3.05, 3.63) is 59.0 Å². The van der Waals surface area contributed by atoms with Gasteiger partial charge in [-0.25, -0.2) is 14.2 Å². The fourth-order valence-electron chi connectivity index (χ4n) is 4.84. The van der Waals surface area contributed by atoms with Gasteiger partial charge in [0.2, 0.25) is 11.8 Å². The van der Waals surface area contributed by atoms with Gasteiger partial charge in [0.05, 0.1) is 19.4 Å². The van der Waals surface area contributed by atoms with E-state index < -0.39 is 0 Å². The van der Waals surface area contributed by atoms with Crippen LogP contribution in [0.1, 0.15) is 0 Å². The van der Waals surface area contributed by atoms with Gasteiger partial charge in [0, 0.05) is 45.0 Å². The van der Waals surface area contributed by atoms with Crippen LogP contribution in [0.25, 0.3) is 28.4 Å². The Bertz CT molecular complexity index is 1600. The molecule has 6 rings (SSSR count). The number of nitrogens with zero attached hydrogens (tertiary/aromatic N) is 8. The number of piperazine rings is 1. The molecule has 4 aromatic heterocycles. The van der Waals surface area contributed by atoms with E-state index in [0.29, 0.717) is 41.5 Å². The van der Waals surface area contributed by atoms with Gasteiger partial charge in [-0.2, -0.15) is 9.50 Å². The van der Waals surface area contributed by atoms with Gasteiger partial charge in [-0.3, -0.25) is 14.0 Å². The Hall–Kier alpha value is -4.23. The number of nitrogen functional groups attached to an aromatic ring is 1. The van der Waals surface area contributed by atoms with Crippen molar-refractivity contribution in [1.82, 2.24) is 33.6 Å². The minimum absolute atomic E-state index is 0.0862. The zero-order valence-corrected chi connectivity index (χ0v) is 20.0. The van der Waals surface area contributed by atoms with Crippen molar-refractivity contribution in [2.75, 3.05) is 50.0 Å². The summed E-state index contributed by atoms with van der Waals surface area (Å²) in [6.07, 6.45) is 1.52. The van der Waals surface area contributed by atoms with E-state index >= 15 is 0 Å². The summed E-state index contributed by atoms with van der Waals surface area (Å²) in [6.45, 7) is 4.10. The number of aromatic nitrogens is 6. The van der Waals surface area contributed by atoms with Crippen LogP contribution in [0.3, 0.4) is 0 Å². The fourth-order valence-corrected chi connectivity index (χ4v) is 4.84. The number of fused-ring (bicyclic) bond motifs is 3. The van der Waals surface area contributed by atoms with Crippen LogP contribution in [-0.4, -0.2) is 78.1 Å². The molecule has 1 saturated heterocycles. The van der Waals surface area contributed by atoms with Gasteiger partial charge in [-0.05, 0) is 36.4 Å². The summed E-state index contributed by atoms with van der Waals surface area (Å²) >= 11 is 0. The Morgan fingerprint density at radius 3 is 2.46 bits per heavy atom. The molecule has 5 heterocycles. The SMILES string of the molecule is Nc1nc2c(c3nc(-c4ccco4)nn13)n(CCO)c(=O)n2CCN1CCN(c2ccc(F)cc2)CC1. The summed E-state index contributed by atoms with van der Waals surface area (Å²) in [5.74, 6) is 0.630. The molecule has 5 aromatic rings. The van der Waals surface area contributed by atoms with Crippen molar-refractivity contribution >= 4 is 28.4 Å². The van der Waals surface area contributed by atoms with E-state index in [2.05, 4.69) is 24.9 Å². The Kier molecular flexibility index (Phi) is 5.85. The molecule has 1 aliphatic rings. The van der Waals surface area contributed by atoms with Crippen molar-refractivity contribution in [3.8, 4) is 11.6 Å². The summed E-state index contributed by atoms with van der Waals surface area (Å²) in [6, 6.07) is 9.99. The summed E-state index contributed by atoms with van der Waals surface area (Å²) < 4.78 is 23.1. The topological polar surface area (TPSA) is 136 Å². The quantitative estimate of drug-likeness (QED) is 0.331. The third-order valence-corrected chi connectivity index (χ3v) is 6.72. The minimum atomic E-state index is -0.295. The molecule has 0 spiro atoms. The Morgan fingerprint density at radius 1 is 0.973 bits per heavy atom. The predicted molar refractivity (Wildman–Crippen MR) is 135 cm³/mol. The smallest absolute Gasteiger partial charge is 0.330 e. The number of rotatable bonds is 7. The second-order valence-corrected chi connectivity index (χ2v) is 8.90. The molecule has 0 amide bonds. The molecular formula is C24H26FN9O3. The summed E-state index contributed by atoms with van der Waals surface area (Å²) in [7, 11) is 0. The van der Waals surface area contributed by atoms with Crippen molar-refractivity contribution < 1.29 is 13.9 Å². The summed E-state index contributed by atoms with van der Waals surface area (Å²) in [4.78, 5) is 27.0. The third kappa shape index (κ3) is 4.11. The first-order chi connectivity index (χ1) is 18.0. The van der Waals surface area contributed by atoms with Crippen LogP contribution in [0, 0.1) is 5.82 Å². The Balaban J connectivity index is 1.28. The van der Waals surface area contributed by atoms with Crippen LogP contribution in [0.15, 0.2) is 51.9 Å². The molecule has 0 saturated carbocycles. The Labute approximate surface area is 210 Å². The molecule has 13 heteroatoms. The lowest BCUT2D eigenvalue weighted by molar-refractivity contribution is 0.246. The molecule has 1 aliphatic heterocycles. The highest BCUT2D eigenvalue weighted by Crippen LogP contribution is 2.24. The van der Waals surface area contributed by atoms with E-state index in [0.717, 1.165) is 31.9 Å². The Morgan fingerprint density at radius 2 is 1.76 bits per heavy atom. The van der Waals surface area contributed by atoms with Crippen LogP contribution < -0.4 is 16.3 Å². The maximum atomic E-state index is 13.4. The fraction of sp³-hybridized carbons (Fsp3) is 0.333. The molecule has 0 unspecified atom stereocenters. The molecule has 12 nitrogen and oxygen atoms in total. The minimum Gasteiger partial charge on any atom is -0.461 e. The largest absolute Gasteiger partial charge is 0.461 e. The molecule has 1 fully saturated rings. The lowest BCUT2D eigenvalue weighted by Gasteiger charge is -2.36. The predicted octanol–water partition coefficient (Wildman–Crippen LogP) is 1.04. The van der Waals surface area contributed by atoms with Crippen LogP contribution in [0.2, 0.25) is 0 Å². The monoisotopic (exact) mass is 507 g/mol. The van der Waals surface area contributed by atoms with E-state index in [-0.39, 0.29) is 30.6 Å². The zero-order chi connectivity index (χ0) is 25.5. The van der Waals surface area contributed by atoms with Crippen molar-refractivity contribution in [3.63, 3.8) is 0 Å². The lowest BCUT2D eigenvalue weighted by atomic mass is 10.2. The molecule has 37 heavy (non-hydrogen) atoms. The molecule has 0 atom stereocenters. The second-order valence-electron chi connectivity index (χ2n) is 8.90. The first-order valence-corrected chi connectivity index (χ1v) is 12.1. The van der Waals surface area contributed by atoms with Gasteiger partial charge in [-0.1, -0.05) is 0 Å². The highest BCUT2D eigenvalue weighted by Gasteiger charge is 2.24. The number of benzene rings is 1. The third-order valence-electron chi connectivity index (χ3n) is 6.72. The highest BCUT2D eigenvalue weighted by molar-refractivity contribution is 5.88. The maximum absolute atomic E-state index is 13.4. The van der Waals surface area contributed by atoms with E-state index in [9.17, 15) is 14.3 Å². The van der Waals surface area contributed by atoms with Gasteiger partial charge in [0.1, 0.15) is 11.3 Å². The molecule has 3 N–H and O–H groups in total. The number of anilines is 2. The van der Waals surface area contributed by atoms with Gasteiger partial charge < -0.3 is 20.2 Å². The number of hydrogen-bond donors (Lipinski definition) is 2. The molecule has 0 radical (unpaired) electrons. The summed E-state index contributed by atoms with van der Waals surface area (Å²) in [5, 5.41) is 14.1. The first kappa shape index (κ1) is 23.2. The second kappa shape index (κ2) is 9.33. The van der Waals surface area contributed by atoms with Crippen molar-refractivity contribution in [1.29, 1.82) is 0 Å². The average Bonchev–Trinajstić information content (AvgIpc) is 3.64. The van der Waals surface area contributed by atoms with Gasteiger partial charge >= 0.3 is 5.69 Å². The van der Waals surface area contributed by atoms with Crippen LogP contribution in [-0.2, 0) is 13.1 Å². The molecular weight excluding hydrogens is 481 g/mol. The number of aliphatic hydroxyl groups is 1. The zero-order valence-electron chi connectivity index (χ0n) is 20.0. The van der Waals surface area contributed by atoms with Gasteiger partial charge in [-0.15, -0.1) is 5.10 Å². The lowest BCUT2D eigenvalue weighted by Crippen LogP contribution is -2.47. The molecule has 0 aliphatic carbocycles. The van der Waals surface area contributed by atoms with Crippen LogP contribution in [0.4, 0.5) is 16.0 Å². The highest BCUT2D eigenvalue weighted by atomic mass is 19.1. The molecule has 192 valence electrons. The van der Waals surface area contributed by atoms with Gasteiger partial charge in [0.25, 0.3) is 0 Å². The van der Waals surface area contributed by atoms with Gasteiger partial charge in [0.15, 0.2) is 17.1 Å². The average molecular weight is 508 g/mol. The molecule has 0 bridgehead atoms. The van der Waals surface area contributed by atoms with Crippen molar-refractivity contribution in [2.24, 2.45) is 0 Å². The molecule has 1 aromatic carbocycles. The summed E-state index contributed by atoms with van der Waals surface area (Å²) in [5.41, 5.74) is 8.14. The standard InChI is InChI=1S/C24H26FN9O3/c25-16-3-5-17(6-4-16)31-10-7-30(8-11-31)9-12-33-21-19(32(13-14-35)24(33)36)22-27-20(18-2-1-15-37-18)29-34(22)23(26)28-21/h1-6,15,35H,7-14H2,(H2,26,28). The maximum Gasteiger partial charge on any atom is 0.330 e. The number of halogens is 1. The number of nitrogens with two attached hydrogens (primary N) is 1. The van der Waals surface area contributed by atoms with E-state index in [1.165, 1.54) is 27.5 Å². The number of imidazole rings is 1. The van der Waals surface area contributed by atoms with E-state index in [4.69, 9.17) is 10.2 Å². The number of hydrogen-bond acceptors (Lipinski definition) is 9. The van der Waals surface area contributed by atoms with E-state index in [1.807, 2.05) is 0 Å². The van der Waals surface area contributed by atoms with Crippen LogP contribution >= 0.6 is 0 Å². The normalized spacial score (nSPS) is 14.8. The first-order valence-electron chi connectivity index (χ1n) is 12.1. The van der Waals surface area contributed by atoms with Crippen molar-refractivity contribution in [2.45, 2.75) is 13.1 Å².